The van der Waals surface area contributed by atoms with Crippen molar-refractivity contribution in [2.45, 2.75) is 47.0 Å². The Hall–Kier alpha value is -3.04. The third-order valence-electron chi connectivity index (χ3n) is 5.40. The average molecular weight is 456 g/mol. The maximum absolute atomic E-state index is 13.0. The van der Waals surface area contributed by atoms with Gasteiger partial charge in [0.15, 0.2) is 17.1 Å². The second-order valence-corrected chi connectivity index (χ2v) is 7.99. The number of benzene rings is 1. The fourth-order valence-electron chi connectivity index (χ4n) is 3.93. The van der Waals surface area contributed by atoms with Gasteiger partial charge in [-0.2, -0.15) is 0 Å². The molecule has 0 amide bonds. The molecule has 0 fully saturated rings. The summed E-state index contributed by atoms with van der Waals surface area (Å²) in [6.07, 6.45) is 2.45. The molecular weight excluding hydrogens is 422 g/mol. The van der Waals surface area contributed by atoms with Gasteiger partial charge in [-0.15, -0.1) is 5.10 Å². The number of Topliss-reactive ketones (excluding diaryl/α,β-unsaturated/α-hetero) is 1. The van der Waals surface area contributed by atoms with Gasteiger partial charge < -0.3 is 14.8 Å². The van der Waals surface area contributed by atoms with Gasteiger partial charge in [-0.1, -0.05) is 13.8 Å². The summed E-state index contributed by atoms with van der Waals surface area (Å²) in [6, 6.07) is 5.17. The van der Waals surface area contributed by atoms with E-state index < -0.39 is 0 Å². The summed E-state index contributed by atoms with van der Waals surface area (Å²) >= 11 is 0. The van der Waals surface area contributed by atoms with E-state index in [4.69, 9.17) is 4.74 Å². The van der Waals surface area contributed by atoms with Crippen LogP contribution in [-0.2, 0) is 6.42 Å². The van der Waals surface area contributed by atoms with Crippen molar-refractivity contribution in [2.75, 3.05) is 32.8 Å². The van der Waals surface area contributed by atoms with Gasteiger partial charge in [-0.05, 0) is 51.4 Å². The summed E-state index contributed by atoms with van der Waals surface area (Å²) in [5.41, 5.74) is 1.80. The Kier molecular flexibility index (Phi) is 8.35. The van der Waals surface area contributed by atoms with Gasteiger partial charge >= 0.3 is 0 Å². The molecule has 0 bridgehead atoms. The first-order valence-corrected chi connectivity index (χ1v) is 11.6. The van der Waals surface area contributed by atoms with Crippen molar-refractivity contribution in [3.05, 3.63) is 45.6 Å². The van der Waals surface area contributed by atoms with E-state index in [9.17, 15) is 14.7 Å². The van der Waals surface area contributed by atoms with E-state index >= 15 is 0 Å². The molecule has 33 heavy (non-hydrogen) atoms. The van der Waals surface area contributed by atoms with Gasteiger partial charge in [-0.3, -0.25) is 14.5 Å². The van der Waals surface area contributed by atoms with Gasteiger partial charge in [0, 0.05) is 18.5 Å². The monoisotopic (exact) mass is 455 g/mol. The van der Waals surface area contributed by atoms with Gasteiger partial charge in [0.1, 0.15) is 11.6 Å². The maximum atomic E-state index is 13.0. The fourth-order valence-corrected chi connectivity index (χ4v) is 3.93. The molecule has 0 saturated heterocycles. The number of aromatic amines is 1. The van der Waals surface area contributed by atoms with Crippen LogP contribution in [0.15, 0.2) is 23.0 Å². The van der Waals surface area contributed by atoms with Gasteiger partial charge in [0.25, 0.3) is 5.56 Å². The van der Waals surface area contributed by atoms with Crippen LogP contribution in [0.3, 0.4) is 0 Å². The molecule has 2 heterocycles. The van der Waals surface area contributed by atoms with Crippen molar-refractivity contribution in [3.63, 3.8) is 0 Å². The summed E-state index contributed by atoms with van der Waals surface area (Å²) < 4.78 is 7.38. The number of ketones is 1. The molecule has 178 valence electrons. The number of imidazole rings is 1. The topological polar surface area (TPSA) is 113 Å². The summed E-state index contributed by atoms with van der Waals surface area (Å²) in [6.45, 7) is 9.54. The molecule has 0 saturated carbocycles. The predicted molar refractivity (Wildman–Crippen MR) is 127 cm³/mol. The molecule has 2 aromatic heterocycles. The van der Waals surface area contributed by atoms with Crippen LogP contribution in [0.1, 0.15) is 55.5 Å². The number of nitrogens with zero attached hydrogens (tertiary/aromatic N) is 4. The Balaban J connectivity index is 2.07. The molecule has 9 nitrogen and oxygen atoms in total. The van der Waals surface area contributed by atoms with Gasteiger partial charge in [-0.25, -0.2) is 9.50 Å². The number of carbonyl (C=O) groups excluding carboxylic acids is 1. The zero-order valence-corrected chi connectivity index (χ0v) is 19.8. The molecule has 0 unspecified atom stereocenters. The lowest BCUT2D eigenvalue weighted by atomic mass is 10.0. The second-order valence-electron chi connectivity index (χ2n) is 7.99. The number of ether oxygens (including phenoxy) is 1. The zero-order valence-electron chi connectivity index (χ0n) is 19.8. The quantitative estimate of drug-likeness (QED) is 0.404. The molecular formula is C24H33N5O4. The number of aliphatic hydroxyl groups is 1. The molecule has 0 spiro atoms. The Labute approximate surface area is 193 Å². The molecule has 0 aliphatic rings. The standard InChI is InChI=1S/C24H33N5O4/c1-5-8-21-25-16(4)22-24(32)26-23(27-29(21)22)18-14-17(9-10-20(18)33-7-3)19(31)15-28(11-6-2)12-13-30/h9-10,14,30H,5-8,11-13,15H2,1-4H3,(H,26,27,32). The number of fused-ring (bicyclic) bond motifs is 1. The predicted octanol–water partition coefficient (Wildman–Crippen LogP) is 2.63. The van der Waals surface area contributed by atoms with Crippen molar-refractivity contribution in [1.82, 2.24) is 24.5 Å². The number of aryl methyl sites for hydroxylation is 2. The highest BCUT2D eigenvalue weighted by Crippen LogP contribution is 2.29. The normalized spacial score (nSPS) is 11.5. The zero-order chi connectivity index (χ0) is 24.0. The van der Waals surface area contributed by atoms with E-state index in [1.165, 1.54) is 0 Å². The summed E-state index contributed by atoms with van der Waals surface area (Å²) in [5.74, 6) is 1.50. The second kappa shape index (κ2) is 11.2. The largest absolute Gasteiger partial charge is 0.493 e. The van der Waals surface area contributed by atoms with Crippen molar-refractivity contribution in [2.24, 2.45) is 0 Å². The SMILES string of the molecule is CCCc1nc(C)c2c(=O)[nH]c(-c3cc(C(=O)CN(CCC)CCO)ccc3OCC)nn12. The highest BCUT2D eigenvalue weighted by Gasteiger charge is 2.19. The number of hydrogen-bond donors (Lipinski definition) is 2. The van der Waals surface area contributed by atoms with Crippen LogP contribution in [0.5, 0.6) is 5.75 Å². The number of nitrogens with one attached hydrogen (secondary N) is 1. The van der Waals surface area contributed by atoms with E-state index in [1.54, 1.807) is 29.6 Å². The van der Waals surface area contributed by atoms with Crippen molar-refractivity contribution < 1.29 is 14.6 Å². The number of hydrogen-bond acceptors (Lipinski definition) is 7. The van der Waals surface area contributed by atoms with Crippen LogP contribution < -0.4 is 10.3 Å². The number of aromatic nitrogens is 4. The van der Waals surface area contributed by atoms with Crippen LogP contribution in [0.4, 0.5) is 0 Å². The minimum Gasteiger partial charge on any atom is -0.493 e. The van der Waals surface area contributed by atoms with E-state index in [-0.39, 0.29) is 24.5 Å². The third kappa shape index (κ3) is 5.48. The molecule has 3 rings (SSSR count). The lowest BCUT2D eigenvalue weighted by molar-refractivity contribution is 0.0915. The summed E-state index contributed by atoms with van der Waals surface area (Å²) in [7, 11) is 0. The van der Waals surface area contributed by atoms with Gasteiger partial charge in [0.2, 0.25) is 0 Å². The molecule has 1 aromatic carbocycles. The minimum atomic E-state index is -0.288. The first-order chi connectivity index (χ1) is 15.9. The van der Waals surface area contributed by atoms with E-state index in [0.717, 1.165) is 25.2 Å². The smallest absolute Gasteiger partial charge is 0.277 e. The van der Waals surface area contributed by atoms with E-state index in [1.807, 2.05) is 25.7 Å². The highest BCUT2D eigenvalue weighted by molar-refractivity contribution is 5.99. The number of aliphatic hydroxyl groups excluding tert-OH is 1. The van der Waals surface area contributed by atoms with Crippen LogP contribution in [-0.4, -0.2) is 68.2 Å². The number of carbonyl (C=O) groups is 1. The van der Waals surface area contributed by atoms with Crippen molar-refractivity contribution in [3.8, 4) is 17.1 Å². The maximum Gasteiger partial charge on any atom is 0.277 e. The van der Waals surface area contributed by atoms with Crippen LogP contribution in [0.2, 0.25) is 0 Å². The molecule has 0 aliphatic carbocycles. The molecule has 0 radical (unpaired) electrons. The molecule has 9 heteroatoms. The Bertz CT molecular complexity index is 1160. The van der Waals surface area contributed by atoms with Crippen LogP contribution in [0, 0.1) is 6.92 Å². The third-order valence-corrected chi connectivity index (χ3v) is 5.40. The number of rotatable bonds is 12. The van der Waals surface area contributed by atoms with Crippen molar-refractivity contribution in [1.29, 1.82) is 0 Å². The number of H-pyrrole nitrogens is 1. The lowest BCUT2D eigenvalue weighted by Crippen LogP contribution is -2.33. The lowest BCUT2D eigenvalue weighted by Gasteiger charge is -2.20. The fraction of sp³-hybridized carbons (Fsp3) is 0.500. The first-order valence-electron chi connectivity index (χ1n) is 11.6. The van der Waals surface area contributed by atoms with E-state index in [0.29, 0.717) is 53.5 Å². The molecule has 0 atom stereocenters. The molecule has 3 aromatic rings. The Morgan fingerprint density at radius 1 is 1.21 bits per heavy atom. The average Bonchev–Trinajstić information content (AvgIpc) is 3.10. The van der Waals surface area contributed by atoms with E-state index in [2.05, 4.69) is 15.1 Å². The van der Waals surface area contributed by atoms with Crippen molar-refractivity contribution >= 4 is 11.3 Å². The molecule has 2 N–H and O–H groups in total. The van der Waals surface area contributed by atoms with Crippen LogP contribution in [0.25, 0.3) is 16.9 Å². The van der Waals surface area contributed by atoms with Crippen LogP contribution >= 0.6 is 0 Å². The Morgan fingerprint density at radius 2 is 2.00 bits per heavy atom. The highest BCUT2D eigenvalue weighted by atomic mass is 16.5. The summed E-state index contributed by atoms with van der Waals surface area (Å²) in [5, 5.41) is 14.0. The minimum absolute atomic E-state index is 0.00258. The van der Waals surface area contributed by atoms with Gasteiger partial charge in [0.05, 0.1) is 31.0 Å². The Morgan fingerprint density at radius 3 is 2.67 bits per heavy atom. The molecule has 0 aliphatic heterocycles. The summed E-state index contributed by atoms with van der Waals surface area (Å²) in [4.78, 5) is 35.2. The first kappa shape index (κ1) is 24.6.